The van der Waals surface area contributed by atoms with E-state index in [1.54, 1.807) is 4.68 Å². The molecule has 2 atom stereocenters. The second-order valence-corrected chi connectivity index (χ2v) is 9.20. The normalized spacial score (nSPS) is 24.1. The first-order valence-electron chi connectivity index (χ1n) is 11.4. The molecule has 0 amide bonds. The summed E-state index contributed by atoms with van der Waals surface area (Å²) in [4.78, 5) is 20.7. The van der Waals surface area contributed by atoms with Gasteiger partial charge in [-0.3, -0.25) is 15.2 Å². The molecule has 3 aromatic rings. The SMILES string of the molecule is CC1Nn2c(nc(C3CCC(CC(=O)O)CC3)c(C#N)c2=N)C1c1cnc2ccccc2c1. The third-order valence-electron chi connectivity index (χ3n) is 7.07. The van der Waals surface area contributed by atoms with Crippen LogP contribution in [0.4, 0.5) is 0 Å². The Morgan fingerprint density at radius 3 is 2.79 bits per heavy atom. The largest absolute Gasteiger partial charge is 0.481 e. The number of nitrogens with one attached hydrogen (secondary N) is 2. The van der Waals surface area contributed by atoms with Crippen molar-refractivity contribution in [2.45, 2.75) is 56.9 Å². The molecule has 33 heavy (non-hydrogen) atoms. The second kappa shape index (κ2) is 8.32. The number of hydrogen-bond acceptors (Lipinski definition) is 6. The van der Waals surface area contributed by atoms with Crippen LogP contribution in [0, 0.1) is 22.7 Å². The highest BCUT2D eigenvalue weighted by molar-refractivity contribution is 5.79. The summed E-state index contributed by atoms with van der Waals surface area (Å²) in [5, 5.41) is 28.8. The molecule has 0 spiro atoms. The van der Waals surface area contributed by atoms with Gasteiger partial charge in [0.15, 0.2) is 5.49 Å². The van der Waals surface area contributed by atoms with Crippen LogP contribution in [0.5, 0.6) is 0 Å². The Hall–Kier alpha value is -3.73. The summed E-state index contributed by atoms with van der Waals surface area (Å²) in [6.45, 7) is 2.05. The zero-order valence-corrected chi connectivity index (χ0v) is 18.5. The van der Waals surface area contributed by atoms with Crippen molar-refractivity contribution in [1.82, 2.24) is 14.6 Å². The van der Waals surface area contributed by atoms with Crippen molar-refractivity contribution in [3.05, 3.63) is 64.7 Å². The van der Waals surface area contributed by atoms with Crippen molar-refractivity contribution in [3.63, 3.8) is 0 Å². The minimum absolute atomic E-state index is 0.0161. The first-order chi connectivity index (χ1) is 16.0. The van der Waals surface area contributed by atoms with Crippen molar-refractivity contribution in [2.24, 2.45) is 5.92 Å². The van der Waals surface area contributed by atoms with Gasteiger partial charge in [-0.1, -0.05) is 18.2 Å². The summed E-state index contributed by atoms with van der Waals surface area (Å²) in [5.74, 6) is 0.100. The molecule has 1 aliphatic heterocycles. The smallest absolute Gasteiger partial charge is 0.303 e. The Morgan fingerprint density at radius 1 is 1.30 bits per heavy atom. The van der Waals surface area contributed by atoms with Crippen LogP contribution in [0.2, 0.25) is 0 Å². The van der Waals surface area contributed by atoms with Crippen molar-refractivity contribution >= 4 is 16.9 Å². The first-order valence-corrected chi connectivity index (χ1v) is 11.4. The van der Waals surface area contributed by atoms with E-state index >= 15 is 0 Å². The number of nitriles is 1. The van der Waals surface area contributed by atoms with Gasteiger partial charge in [0.25, 0.3) is 0 Å². The van der Waals surface area contributed by atoms with Gasteiger partial charge >= 0.3 is 5.97 Å². The van der Waals surface area contributed by atoms with Gasteiger partial charge in [0.05, 0.1) is 23.2 Å². The lowest BCUT2D eigenvalue weighted by Crippen LogP contribution is -2.33. The fraction of sp³-hybridized carbons (Fsp3) is 0.400. The molecule has 0 bridgehead atoms. The molecule has 2 aliphatic rings. The highest BCUT2D eigenvalue weighted by Crippen LogP contribution is 2.39. The number of pyridine rings is 1. The van der Waals surface area contributed by atoms with Crippen molar-refractivity contribution in [1.29, 1.82) is 10.7 Å². The van der Waals surface area contributed by atoms with Crippen molar-refractivity contribution < 1.29 is 9.90 Å². The number of hydrogen-bond donors (Lipinski definition) is 3. The number of nitrogens with zero attached hydrogens (tertiary/aromatic N) is 4. The summed E-state index contributed by atoms with van der Waals surface area (Å²) in [6.07, 6.45) is 5.23. The van der Waals surface area contributed by atoms with Crippen LogP contribution in [-0.2, 0) is 4.79 Å². The van der Waals surface area contributed by atoms with E-state index in [2.05, 4.69) is 29.5 Å². The summed E-state index contributed by atoms with van der Waals surface area (Å²) in [6, 6.07) is 12.3. The molecule has 0 saturated heterocycles. The Labute approximate surface area is 191 Å². The lowest BCUT2D eigenvalue weighted by Gasteiger charge is -2.28. The summed E-state index contributed by atoms with van der Waals surface area (Å²) in [7, 11) is 0. The van der Waals surface area contributed by atoms with E-state index in [9.17, 15) is 10.1 Å². The van der Waals surface area contributed by atoms with Gasteiger partial charge in [-0.2, -0.15) is 5.26 Å². The van der Waals surface area contributed by atoms with Crippen LogP contribution in [0.1, 0.15) is 73.5 Å². The molecule has 3 N–H and O–H groups in total. The number of carbonyl (C=O) groups is 1. The van der Waals surface area contributed by atoms with Crippen LogP contribution in [0.3, 0.4) is 0 Å². The van der Waals surface area contributed by atoms with Crippen molar-refractivity contribution in [3.8, 4) is 6.07 Å². The maximum atomic E-state index is 11.1. The van der Waals surface area contributed by atoms with Crippen LogP contribution < -0.4 is 10.9 Å². The monoisotopic (exact) mass is 442 g/mol. The number of rotatable bonds is 4. The van der Waals surface area contributed by atoms with Gasteiger partial charge < -0.3 is 10.5 Å². The molecule has 2 aromatic heterocycles. The van der Waals surface area contributed by atoms with E-state index in [1.165, 1.54) is 0 Å². The summed E-state index contributed by atoms with van der Waals surface area (Å²) in [5.41, 5.74) is 6.38. The third kappa shape index (κ3) is 3.74. The average molecular weight is 443 g/mol. The molecule has 1 fully saturated rings. The van der Waals surface area contributed by atoms with Gasteiger partial charge in [-0.05, 0) is 56.2 Å². The number of carboxylic acid groups (broad SMARTS) is 1. The van der Waals surface area contributed by atoms with Gasteiger partial charge in [-0.15, -0.1) is 0 Å². The number of aliphatic carboxylic acids is 1. The Kier molecular flexibility index (Phi) is 5.33. The molecule has 8 nitrogen and oxygen atoms in total. The number of para-hydroxylation sites is 1. The second-order valence-electron chi connectivity index (χ2n) is 9.20. The van der Waals surface area contributed by atoms with Crippen LogP contribution in [0.15, 0.2) is 36.5 Å². The predicted molar refractivity (Wildman–Crippen MR) is 122 cm³/mol. The van der Waals surface area contributed by atoms with Crippen molar-refractivity contribution in [2.75, 3.05) is 5.43 Å². The van der Waals surface area contributed by atoms with E-state index in [-0.39, 0.29) is 35.7 Å². The molecule has 168 valence electrons. The first kappa shape index (κ1) is 21.1. The van der Waals surface area contributed by atoms with E-state index in [4.69, 9.17) is 15.5 Å². The molecule has 0 radical (unpaired) electrons. The Balaban J connectivity index is 1.54. The van der Waals surface area contributed by atoms with E-state index < -0.39 is 5.97 Å². The van der Waals surface area contributed by atoms with E-state index in [0.717, 1.165) is 48.0 Å². The lowest BCUT2D eigenvalue weighted by molar-refractivity contribution is -0.138. The van der Waals surface area contributed by atoms with Crippen LogP contribution in [-0.4, -0.2) is 31.8 Å². The molecule has 1 aliphatic carbocycles. The highest BCUT2D eigenvalue weighted by atomic mass is 16.4. The molecular weight excluding hydrogens is 416 g/mol. The highest BCUT2D eigenvalue weighted by Gasteiger charge is 2.36. The molecule has 1 aromatic carbocycles. The topological polar surface area (TPSA) is 128 Å². The fourth-order valence-corrected chi connectivity index (χ4v) is 5.41. The molecule has 2 unspecified atom stereocenters. The van der Waals surface area contributed by atoms with E-state index in [0.29, 0.717) is 11.3 Å². The van der Waals surface area contributed by atoms with Crippen LogP contribution >= 0.6 is 0 Å². The maximum Gasteiger partial charge on any atom is 0.303 e. The Morgan fingerprint density at radius 2 is 2.06 bits per heavy atom. The third-order valence-corrected chi connectivity index (χ3v) is 7.07. The molecule has 3 heterocycles. The maximum absolute atomic E-state index is 11.1. The van der Waals surface area contributed by atoms with Crippen LogP contribution in [0.25, 0.3) is 10.9 Å². The molecular formula is C25H26N6O2. The molecule has 1 saturated carbocycles. The van der Waals surface area contributed by atoms with E-state index in [1.807, 2.05) is 30.5 Å². The predicted octanol–water partition coefficient (Wildman–Crippen LogP) is 3.61. The zero-order chi connectivity index (χ0) is 23.1. The quantitative estimate of drug-likeness (QED) is 0.566. The zero-order valence-electron chi connectivity index (χ0n) is 18.5. The summed E-state index contributed by atoms with van der Waals surface area (Å²) >= 11 is 0. The van der Waals surface area contributed by atoms with Gasteiger partial charge in [0.2, 0.25) is 0 Å². The number of aromatic nitrogens is 3. The molecule has 8 heteroatoms. The summed E-state index contributed by atoms with van der Waals surface area (Å²) < 4.78 is 1.64. The van der Waals surface area contributed by atoms with Gasteiger partial charge in [0.1, 0.15) is 17.5 Å². The average Bonchev–Trinajstić information content (AvgIpc) is 3.15. The number of fused-ring (bicyclic) bond motifs is 2. The molecule has 5 rings (SSSR count). The fourth-order valence-electron chi connectivity index (χ4n) is 5.41. The minimum atomic E-state index is -0.761. The van der Waals surface area contributed by atoms with Gasteiger partial charge in [-0.25, -0.2) is 9.66 Å². The number of carboxylic acids is 1. The van der Waals surface area contributed by atoms with Gasteiger partial charge in [0, 0.05) is 23.9 Å². The minimum Gasteiger partial charge on any atom is -0.481 e. The lowest BCUT2D eigenvalue weighted by atomic mass is 9.78. The Bertz CT molecular complexity index is 1330. The standard InChI is InChI=1S/C25H26N6O2/c1-14-22(18-11-17-4-2-3-5-20(17)28-13-18)25-29-23(19(12-26)24(27)31(25)30-14)16-8-6-15(7-9-16)10-21(32)33/h2-5,11,13-16,22,27,30H,6-10H2,1H3,(H,32,33). The number of benzene rings is 1.